The number of hydrogen-bond acceptors (Lipinski definition) is 7. The zero-order valence-corrected chi connectivity index (χ0v) is 19.7. The number of halogens is 1. The summed E-state index contributed by atoms with van der Waals surface area (Å²) in [4.78, 5) is 20.1. The summed E-state index contributed by atoms with van der Waals surface area (Å²) >= 11 is 0. The van der Waals surface area contributed by atoms with Crippen molar-refractivity contribution in [2.24, 2.45) is 0 Å². The Bertz CT molecular complexity index is 1040. The maximum atomic E-state index is 15.7. The van der Waals surface area contributed by atoms with Crippen molar-refractivity contribution in [1.29, 1.82) is 0 Å². The predicted molar refractivity (Wildman–Crippen MR) is 121 cm³/mol. The van der Waals surface area contributed by atoms with Crippen LogP contribution in [0.4, 0.5) is 20.6 Å². The van der Waals surface area contributed by atoms with Gasteiger partial charge in [-0.1, -0.05) is 0 Å². The Morgan fingerprint density at radius 3 is 2.76 bits per heavy atom. The molecule has 3 heterocycles. The van der Waals surface area contributed by atoms with E-state index in [1.165, 1.54) is 0 Å². The molecule has 1 aromatic carbocycles. The van der Waals surface area contributed by atoms with Crippen molar-refractivity contribution in [3.63, 3.8) is 0 Å². The lowest BCUT2D eigenvalue weighted by atomic mass is 10.1. The minimum Gasteiger partial charge on any atom is -0.489 e. The Balaban J connectivity index is 1.54. The van der Waals surface area contributed by atoms with Gasteiger partial charge in [-0.25, -0.2) is 14.2 Å². The highest BCUT2D eigenvalue weighted by Gasteiger charge is 2.33. The van der Waals surface area contributed by atoms with Crippen molar-refractivity contribution in [3.8, 4) is 17.4 Å². The largest absolute Gasteiger partial charge is 0.489 e. The molecule has 9 heteroatoms. The van der Waals surface area contributed by atoms with E-state index in [-0.39, 0.29) is 17.9 Å². The molecule has 0 bridgehead atoms. The standard InChI is InChI=1S/C24H30FN3O5/c1-15-12-16(13-26-22(15)30-5)28-10-11-31-19-7-6-18(20(25)21(19)28)32-17-8-9-27(14-17)23(29)33-24(2,3)4/h6-7,12-13,17H,8-11,14H2,1-5H3/t17-/m0/s1. The summed E-state index contributed by atoms with van der Waals surface area (Å²) in [5.74, 6) is 0.594. The highest BCUT2D eigenvalue weighted by molar-refractivity contribution is 5.73. The van der Waals surface area contributed by atoms with Gasteiger partial charge in [0.15, 0.2) is 11.6 Å². The van der Waals surface area contributed by atoms with Gasteiger partial charge < -0.3 is 28.7 Å². The number of aromatic nitrogens is 1. The third kappa shape index (κ3) is 4.91. The van der Waals surface area contributed by atoms with E-state index in [1.807, 2.05) is 38.7 Å². The number of nitrogens with zero attached hydrogens (tertiary/aromatic N) is 3. The molecule has 2 aromatic rings. The smallest absolute Gasteiger partial charge is 0.410 e. The third-order valence-electron chi connectivity index (χ3n) is 5.50. The SMILES string of the molecule is COc1ncc(N2CCOc3ccc(O[C@H]4CCN(C(=O)OC(C)(C)C)C4)c(F)c32)cc1C. The number of methoxy groups -OCH3 is 1. The Morgan fingerprint density at radius 1 is 1.27 bits per heavy atom. The molecule has 0 radical (unpaired) electrons. The average molecular weight is 460 g/mol. The van der Waals surface area contributed by atoms with Gasteiger partial charge in [-0.05, 0) is 45.9 Å². The van der Waals surface area contributed by atoms with E-state index >= 15 is 4.39 Å². The molecule has 178 valence electrons. The summed E-state index contributed by atoms with van der Waals surface area (Å²) < 4.78 is 38.0. The molecule has 8 nitrogen and oxygen atoms in total. The molecular formula is C24H30FN3O5. The van der Waals surface area contributed by atoms with Crippen LogP contribution in [0.1, 0.15) is 32.8 Å². The number of anilines is 2. The molecule has 1 saturated heterocycles. The second-order valence-corrected chi connectivity index (χ2v) is 9.20. The van der Waals surface area contributed by atoms with E-state index in [9.17, 15) is 4.79 Å². The lowest BCUT2D eigenvalue weighted by Crippen LogP contribution is -2.36. The first-order valence-electron chi connectivity index (χ1n) is 11.0. The van der Waals surface area contributed by atoms with Crippen molar-refractivity contribution >= 4 is 17.5 Å². The molecule has 0 unspecified atom stereocenters. The monoisotopic (exact) mass is 459 g/mol. The first kappa shape index (κ1) is 22.9. The number of aryl methyl sites for hydroxylation is 1. The van der Waals surface area contributed by atoms with E-state index < -0.39 is 11.4 Å². The number of pyridine rings is 1. The summed E-state index contributed by atoms with van der Waals surface area (Å²) in [7, 11) is 1.56. The zero-order valence-electron chi connectivity index (χ0n) is 19.7. The lowest BCUT2D eigenvalue weighted by Gasteiger charge is -2.32. The first-order valence-corrected chi connectivity index (χ1v) is 11.0. The van der Waals surface area contributed by atoms with Crippen LogP contribution in [-0.4, -0.2) is 61.0 Å². The highest BCUT2D eigenvalue weighted by Crippen LogP contribution is 2.43. The van der Waals surface area contributed by atoms with Crippen LogP contribution in [0.3, 0.4) is 0 Å². The number of ether oxygens (including phenoxy) is 4. The molecule has 4 rings (SSSR count). The minimum absolute atomic E-state index is 0.124. The number of hydrogen-bond donors (Lipinski definition) is 0. The van der Waals surface area contributed by atoms with E-state index in [4.69, 9.17) is 18.9 Å². The molecule has 1 aromatic heterocycles. The van der Waals surface area contributed by atoms with Crippen LogP contribution >= 0.6 is 0 Å². The van der Waals surface area contributed by atoms with E-state index in [0.717, 1.165) is 11.3 Å². The molecule has 0 N–H and O–H groups in total. The van der Waals surface area contributed by atoms with E-state index in [1.54, 1.807) is 30.3 Å². The van der Waals surface area contributed by atoms with Crippen LogP contribution in [0.5, 0.6) is 17.4 Å². The minimum atomic E-state index is -0.571. The molecule has 0 spiro atoms. The fraction of sp³-hybridized carbons (Fsp3) is 0.500. The van der Waals surface area contributed by atoms with E-state index in [2.05, 4.69) is 4.98 Å². The number of amides is 1. The zero-order chi connectivity index (χ0) is 23.8. The molecule has 1 atom stereocenters. The summed E-state index contributed by atoms with van der Waals surface area (Å²) in [6.45, 7) is 9.09. The van der Waals surface area contributed by atoms with Crippen molar-refractivity contribution in [2.75, 3.05) is 38.3 Å². The predicted octanol–water partition coefficient (Wildman–Crippen LogP) is 4.46. The molecule has 2 aliphatic rings. The number of fused-ring (bicyclic) bond motifs is 1. The van der Waals surface area contributed by atoms with Crippen LogP contribution in [0.2, 0.25) is 0 Å². The Labute approximate surface area is 193 Å². The van der Waals surface area contributed by atoms with Gasteiger partial charge in [0.25, 0.3) is 0 Å². The van der Waals surface area contributed by atoms with Gasteiger partial charge in [0.1, 0.15) is 29.7 Å². The number of rotatable bonds is 4. The van der Waals surface area contributed by atoms with Crippen molar-refractivity contribution in [2.45, 2.75) is 45.8 Å². The number of benzene rings is 1. The second kappa shape index (κ2) is 8.96. The summed E-state index contributed by atoms with van der Waals surface area (Å²) in [5, 5.41) is 0. The molecule has 0 aliphatic carbocycles. The normalized spacial score (nSPS) is 17.9. The molecule has 0 saturated carbocycles. The quantitative estimate of drug-likeness (QED) is 0.669. The number of carbonyl (C=O) groups is 1. The third-order valence-corrected chi connectivity index (χ3v) is 5.50. The van der Waals surface area contributed by atoms with Gasteiger partial charge in [-0.15, -0.1) is 0 Å². The van der Waals surface area contributed by atoms with Crippen molar-refractivity contribution in [3.05, 3.63) is 35.8 Å². The van der Waals surface area contributed by atoms with Crippen LogP contribution < -0.4 is 19.1 Å². The number of likely N-dealkylation sites (tertiary alicyclic amines) is 1. The van der Waals surface area contributed by atoms with Gasteiger partial charge in [0, 0.05) is 18.5 Å². The first-order chi connectivity index (χ1) is 15.7. The summed E-state index contributed by atoms with van der Waals surface area (Å²) in [6, 6.07) is 5.19. The average Bonchev–Trinajstić information content (AvgIpc) is 3.23. The van der Waals surface area contributed by atoms with Gasteiger partial charge in [0.05, 0.1) is 32.1 Å². The summed E-state index contributed by atoms with van der Waals surface area (Å²) in [5.41, 5.74) is 1.33. The Kier molecular flexibility index (Phi) is 6.23. The molecule has 33 heavy (non-hydrogen) atoms. The van der Waals surface area contributed by atoms with Crippen LogP contribution in [0, 0.1) is 12.7 Å². The highest BCUT2D eigenvalue weighted by atomic mass is 19.1. The molecular weight excluding hydrogens is 429 g/mol. The maximum absolute atomic E-state index is 15.7. The molecule has 2 aliphatic heterocycles. The fourth-order valence-corrected chi connectivity index (χ4v) is 4.01. The van der Waals surface area contributed by atoms with Crippen LogP contribution in [-0.2, 0) is 4.74 Å². The van der Waals surface area contributed by atoms with Crippen LogP contribution in [0.25, 0.3) is 0 Å². The Hall–Kier alpha value is -3.23. The molecule has 1 amide bonds. The van der Waals surface area contributed by atoms with Crippen molar-refractivity contribution in [1.82, 2.24) is 9.88 Å². The van der Waals surface area contributed by atoms with Crippen LogP contribution in [0.15, 0.2) is 24.4 Å². The maximum Gasteiger partial charge on any atom is 0.410 e. The van der Waals surface area contributed by atoms with Crippen molar-refractivity contribution < 1.29 is 28.1 Å². The lowest BCUT2D eigenvalue weighted by molar-refractivity contribution is 0.0275. The topological polar surface area (TPSA) is 73.4 Å². The van der Waals surface area contributed by atoms with E-state index in [0.29, 0.717) is 50.0 Å². The fourth-order valence-electron chi connectivity index (χ4n) is 4.01. The summed E-state index contributed by atoms with van der Waals surface area (Å²) in [6.07, 6.45) is 1.54. The second-order valence-electron chi connectivity index (χ2n) is 9.20. The Morgan fingerprint density at radius 2 is 2.06 bits per heavy atom. The van der Waals surface area contributed by atoms with Gasteiger partial charge in [0.2, 0.25) is 5.88 Å². The van der Waals surface area contributed by atoms with Gasteiger partial charge in [-0.2, -0.15) is 0 Å². The molecule has 1 fully saturated rings. The number of carbonyl (C=O) groups excluding carboxylic acids is 1. The van der Waals surface area contributed by atoms with Gasteiger partial charge in [-0.3, -0.25) is 0 Å². The van der Waals surface area contributed by atoms with Gasteiger partial charge >= 0.3 is 6.09 Å².